The third-order valence-electron chi connectivity index (χ3n) is 4.77. The average Bonchev–Trinajstić information content (AvgIpc) is 2.70. The van der Waals surface area contributed by atoms with Gasteiger partial charge in [0.25, 0.3) is 5.91 Å². The van der Waals surface area contributed by atoms with E-state index in [0.29, 0.717) is 44.7 Å². The van der Waals surface area contributed by atoms with Crippen LogP contribution in [0.15, 0.2) is 48.5 Å². The fourth-order valence-corrected chi connectivity index (χ4v) is 3.14. The van der Waals surface area contributed by atoms with Crippen molar-refractivity contribution in [3.63, 3.8) is 0 Å². The van der Waals surface area contributed by atoms with E-state index >= 15 is 0 Å². The summed E-state index contributed by atoms with van der Waals surface area (Å²) < 4.78 is 25.9. The number of benzene rings is 2. The van der Waals surface area contributed by atoms with E-state index in [9.17, 15) is 18.4 Å². The largest absolute Gasteiger partial charge is 0.355 e. The molecular weight excluding hydrogens is 364 g/mol. The zero-order chi connectivity index (χ0) is 19.9. The fourth-order valence-electron chi connectivity index (χ4n) is 3.14. The second-order valence-electron chi connectivity index (χ2n) is 6.80. The summed E-state index contributed by atoms with van der Waals surface area (Å²) in [6.07, 6.45) is 0.645. The van der Waals surface area contributed by atoms with E-state index in [0.717, 1.165) is 5.56 Å². The summed E-state index contributed by atoms with van der Waals surface area (Å²) in [4.78, 5) is 28.2. The number of piperazine rings is 1. The molecule has 0 atom stereocenters. The van der Waals surface area contributed by atoms with Crippen molar-refractivity contribution in [1.82, 2.24) is 15.1 Å². The molecule has 1 aliphatic rings. The highest BCUT2D eigenvalue weighted by Gasteiger charge is 2.23. The van der Waals surface area contributed by atoms with E-state index in [4.69, 9.17) is 0 Å². The van der Waals surface area contributed by atoms with Crippen molar-refractivity contribution in [2.45, 2.75) is 6.42 Å². The lowest BCUT2D eigenvalue weighted by Gasteiger charge is -2.34. The minimum Gasteiger partial charge on any atom is -0.355 e. The molecule has 1 N–H and O–H groups in total. The molecule has 28 heavy (non-hydrogen) atoms. The number of hydrogen-bond donors (Lipinski definition) is 1. The molecule has 0 aromatic heterocycles. The smallest absolute Gasteiger partial charge is 0.253 e. The van der Waals surface area contributed by atoms with Crippen LogP contribution in [0.4, 0.5) is 8.78 Å². The number of carbonyl (C=O) groups is 2. The van der Waals surface area contributed by atoms with Crippen molar-refractivity contribution in [3.8, 4) is 0 Å². The Morgan fingerprint density at radius 1 is 0.857 bits per heavy atom. The molecule has 0 unspecified atom stereocenters. The first-order valence-corrected chi connectivity index (χ1v) is 9.29. The Bertz CT molecular complexity index is 801. The maximum Gasteiger partial charge on any atom is 0.253 e. The van der Waals surface area contributed by atoms with Crippen LogP contribution in [0, 0.1) is 11.6 Å². The molecule has 148 valence electrons. The molecule has 1 aliphatic heterocycles. The van der Waals surface area contributed by atoms with Crippen molar-refractivity contribution in [1.29, 1.82) is 0 Å². The summed E-state index contributed by atoms with van der Waals surface area (Å²) in [5.41, 5.74) is 1.43. The number of nitrogens with one attached hydrogen (secondary N) is 1. The maximum absolute atomic E-state index is 13.0. The molecule has 5 nitrogen and oxygen atoms in total. The van der Waals surface area contributed by atoms with Crippen molar-refractivity contribution >= 4 is 11.8 Å². The van der Waals surface area contributed by atoms with Gasteiger partial charge in [0.1, 0.15) is 11.6 Å². The minimum atomic E-state index is -0.369. The maximum atomic E-state index is 13.0. The van der Waals surface area contributed by atoms with Crippen LogP contribution in [0.3, 0.4) is 0 Å². The summed E-state index contributed by atoms with van der Waals surface area (Å²) in [6.45, 7) is 3.05. The number of halogens is 2. The first-order chi connectivity index (χ1) is 13.5. The lowest BCUT2D eigenvalue weighted by molar-refractivity contribution is -0.122. The van der Waals surface area contributed by atoms with Gasteiger partial charge in [0.05, 0.1) is 6.54 Å². The summed E-state index contributed by atoms with van der Waals surface area (Å²) in [6, 6.07) is 11.8. The van der Waals surface area contributed by atoms with Gasteiger partial charge in [-0.05, 0) is 48.4 Å². The molecule has 1 fully saturated rings. The number of amides is 2. The Labute approximate surface area is 162 Å². The van der Waals surface area contributed by atoms with Crippen molar-refractivity contribution in [3.05, 3.63) is 71.3 Å². The highest BCUT2D eigenvalue weighted by Crippen LogP contribution is 2.10. The van der Waals surface area contributed by atoms with Gasteiger partial charge in [0.15, 0.2) is 0 Å². The van der Waals surface area contributed by atoms with Crippen molar-refractivity contribution in [2.24, 2.45) is 0 Å². The Morgan fingerprint density at radius 3 is 2.04 bits per heavy atom. The zero-order valence-corrected chi connectivity index (χ0v) is 15.5. The van der Waals surface area contributed by atoms with Gasteiger partial charge >= 0.3 is 0 Å². The van der Waals surface area contributed by atoms with Crippen LogP contribution in [-0.4, -0.2) is 60.9 Å². The highest BCUT2D eigenvalue weighted by molar-refractivity contribution is 5.94. The first-order valence-electron chi connectivity index (χ1n) is 9.29. The van der Waals surface area contributed by atoms with Gasteiger partial charge in [0.2, 0.25) is 5.91 Å². The Hall–Kier alpha value is -2.80. The van der Waals surface area contributed by atoms with Gasteiger partial charge in [-0.15, -0.1) is 0 Å². The molecule has 0 aliphatic carbocycles. The topological polar surface area (TPSA) is 52.7 Å². The van der Waals surface area contributed by atoms with Gasteiger partial charge in [-0.2, -0.15) is 0 Å². The van der Waals surface area contributed by atoms with Gasteiger partial charge in [-0.25, -0.2) is 8.78 Å². The van der Waals surface area contributed by atoms with E-state index < -0.39 is 0 Å². The Kier molecular flexibility index (Phi) is 6.71. The monoisotopic (exact) mass is 387 g/mol. The standard InChI is InChI=1S/C21H23F2N3O2/c22-18-5-1-16(2-6-18)9-10-24-20(27)15-25-11-13-26(14-12-25)21(28)17-3-7-19(23)8-4-17/h1-8H,9-15H2,(H,24,27). The second kappa shape index (κ2) is 9.41. The molecule has 2 aromatic rings. The number of nitrogens with zero attached hydrogens (tertiary/aromatic N) is 2. The van der Waals surface area contributed by atoms with Gasteiger partial charge in [-0.1, -0.05) is 12.1 Å². The predicted molar refractivity (Wildman–Crippen MR) is 102 cm³/mol. The summed E-state index contributed by atoms with van der Waals surface area (Å²) in [5, 5.41) is 2.87. The van der Waals surface area contributed by atoms with Crippen LogP contribution in [-0.2, 0) is 11.2 Å². The number of rotatable bonds is 6. The van der Waals surface area contributed by atoms with Crippen LogP contribution in [0.1, 0.15) is 15.9 Å². The number of hydrogen-bond acceptors (Lipinski definition) is 3. The van der Waals surface area contributed by atoms with Crippen LogP contribution < -0.4 is 5.32 Å². The summed E-state index contributed by atoms with van der Waals surface area (Å²) in [5.74, 6) is -0.833. The molecule has 2 aromatic carbocycles. The van der Waals surface area contributed by atoms with Crippen molar-refractivity contribution < 1.29 is 18.4 Å². The SMILES string of the molecule is O=C(CN1CCN(C(=O)c2ccc(F)cc2)CC1)NCCc1ccc(F)cc1. The highest BCUT2D eigenvalue weighted by atomic mass is 19.1. The lowest BCUT2D eigenvalue weighted by atomic mass is 10.1. The molecule has 1 heterocycles. The van der Waals surface area contributed by atoms with Gasteiger partial charge in [-0.3, -0.25) is 14.5 Å². The molecular formula is C21H23F2N3O2. The van der Waals surface area contributed by atoms with Gasteiger partial charge < -0.3 is 10.2 Å². The van der Waals surface area contributed by atoms with E-state index in [-0.39, 0.29) is 30.0 Å². The van der Waals surface area contributed by atoms with Crippen LogP contribution in [0.25, 0.3) is 0 Å². The molecule has 7 heteroatoms. The van der Waals surface area contributed by atoms with E-state index in [1.807, 2.05) is 4.90 Å². The quantitative estimate of drug-likeness (QED) is 0.826. The molecule has 0 spiro atoms. The summed E-state index contributed by atoms with van der Waals surface area (Å²) in [7, 11) is 0. The number of carbonyl (C=O) groups excluding carboxylic acids is 2. The fraction of sp³-hybridized carbons (Fsp3) is 0.333. The molecule has 0 saturated carbocycles. The lowest BCUT2D eigenvalue weighted by Crippen LogP contribution is -2.51. The average molecular weight is 387 g/mol. The predicted octanol–water partition coefficient (Wildman–Crippen LogP) is 2.08. The van der Waals surface area contributed by atoms with E-state index in [1.54, 1.807) is 17.0 Å². The van der Waals surface area contributed by atoms with E-state index in [2.05, 4.69) is 5.32 Å². The normalized spacial score (nSPS) is 14.7. The van der Waals surface area contributed by atoms with Crippen LogP contribution in [0.5, 0.6) is 0 Å². The molecule has 2 amide bonds. The van der Waals surface area contributed by atoms with E-state index in [1.165, 1.54) is 36.4 Å². The third-order valence-corrected chi connectivity index (χ3v) is 4.77. The van der Waals surface area contributed by atoms with Crippen LogP contribution in [0.2, 0.25) is 0 Å². The Morgan fingerprint density at radius 2 is 1.43 bits per heavy atom. The summed E-state index contributed by atoms with van der Waals surface area (Å²) >= 11 is 0. The van der Waals surface area contributed by atoms with Crippen molar-refractivity contribution in [2.75, 3.05) is 39.3 Å². The molecule has 1 saturated heterocycles. The van der Waals surface area contributed by atoms with Crippen LogP contribution >= 0.6 is 0 Å². The molecule has 3 rings (SSSR count). The zero-order valence-electron chi connectivity index (χ0n) is 15.5. The second-order valence-corrected chi connectivity index (χ2v) is 6.80. The molecule has 0 bridgehead atoms. The minimum absolute atomic E-state index is 0.0691. The Balaban J connectivity index is 1.37. The van der Waals surface area contributed by atoms with Gasteiger partial charge in [0, 0.05) is 38.3 Å². The first kappa shape index (κ1) is 19.9. The molecule has 0 radical (unpaired) electrons. The third kappa shape index (κ3) is 5.60.